The molecule has 0 aliphatic carbocycles. The number of likely N-dealkylation sites (N-methyl/N-ethyl adjacent to an activating group) is 1. The van der Waals surface area contributed by atoms with Crippen molar-refractivity contribution in [2.45, 2.75) is 31.5 Å². The maximum atomic E-state index is 13.2. The number of hydrogen-bond acceptors (Lipinski definition) is 9. The van der Waals surface area contributed by atoms with Gasteiger partial charge in [0.05, 0.1) is 23.3 Å². The Morgan fingerprint density at radius 1 is 1.13 bits per heavy atom. The zero-order chi connectivity index (χ0) is 26.8. The smallest absolute Gasteiger partial charge is 0.280 e. The Morgan fingerprint density at radius 2 is 1.95 bits per heavy atom. The van der Waals surface area contributed by atoms with Crippen LogP contribution in [0.4, 0.5) is 0 Å². The van der Waals surface area contributed by atoms with Crippen LogP contribution in [-0.2, 0) is 22.5 Å². The van der Waals surface area contributed by atoms with Crippen LogP contribution in [0.2, 0.25) is 5.02 Å². The number of ether oxygens (including phenoxy) is 1. The number of methoxy groups -OCH3 is 1. The highest BCUT2D eigenvalue weighted by molar-refractivity contribution is 7.13. The van der Waals surface area contributed by atoms with Crippen molar-refractivity contribution in [3.63, 3.8) is 0 Å². The van der Waals surface area contributed by atoms with Crippen molar-refractivity contribution in [3.8, 4) is 0 Å². The Labute approximate surface area is 228 Å². The number of thiazole rings is 1. The van der Waals surface area contributed by atoms with E-state index in [1.165, 1.54) is 18.4 Å². The summed E-state index contributed by atoms with van der Waals surface area (Å²) >= 11 is 7.40. The normalized spacial score (nSPS) is 19.7. The number of piperidine rings is 1. The van der Waals surface area contributed by atoms with Crippen molar-refractivity contribution in [1.29, 1.82) is 0 Å². The minimum Gasteiger partial charge on any atom is -0.375 e. The van der Waals surface area contributed by atoms with Crippen LogP contribution in [0.25, 0.3) is 10.9 Å². The van der Waals surface area contributed by atoms with Crippen LogP contribution in [0, 0.1) is 0 Å². The summed E-state index contributed by atoms with van der Waals surface area (Å²) in [6.45, 7) is 2.26. The first kappa shape index (κ1) is 26.4. The van der Waals surface area contributed by atoms with Gasteiger partial charge in [0.25, 0.3) is 11.8 Å². The number of fused-ring (bicyclic) bond motifs is 2. The molecule has 3 aromatic rings. The summed E-state index contributed by atoms with van der Waals surface area (Å²) in [5.74, 6) is -0.911. The second-order valence-electron chi connectivity index (χ2n) is 9.53. The van der Waals surface area contributed by atoms with Crippen LogP contribution in [0.15, 0.2) is 24.3 Å². The molecule has 2 aliphatic heterocycles. The van der Waals surface area contributed by atoms with Crippen LogP contribution in [0.5, 0.6) is 0 Å². The molecule has 2 N–H and O–H groups in total. The van der Waals surface area contributed by atoms with Crippen molar-refractivity contribution in [2.24, 2.45) is 0 Å². The SMILES string of the molecule is COCC(=O)N1CCC(NC(=O)c2cc3ccc(Cl)cc3nn2)C(NC(=O)c2nc3c(s2)CN(C)CC3)C1. The number of carbonyl (C=O) groups excluding carboxylic acids is 3. The number of nitrogens with one attached hydrogen (secondary N) is 2. The highest BCUT2D eigenvalue weighted by Crippen LogP contribution is 2.25. The highest BCUT2D eigenvalue weighted by atomic mass is 35.5. The average Bonchev–Trinajstić information content (AvgIpc) is 3.33. The van der Waals surface area contributed by atoms with Crippen LogP contribution < -0.4 is 10.6 Å². The van der Waals surface area contributed by atoms with E-state index in [1.54, 1.807) is 29.2 Å². The number of rotatable bonds is 6. The molecule has 1 aromatic carbocycles. The molecular formula is C25H28ClN7O4S. The van der Waals surface area contributed by atoms with Crippen LogP contribution in [0.3, 0.4) is 0 Å². The summed E-state index contributed by atoms with van der Waals surface area (Å²) in [7, 11) is 3.50. The second-order valence-corrected chi connectivity index (χ2v) is 11.1. The molecule has 3 amide bonds. The van der Waals surface area contributed by atoms with E-state index >= 15 is 0 Å². The van der Waals surface area contributed by atoms with Gasteiger partial charge in [0.1, 0.15) is 6.61 Å². The first-order chi connectivity index (χ1) is 18.3. The third kappa shape index (κ3) is 5.78. The molecule has 1 fully saturated rings. The predicted octanol–water partition coefficient (Wildman–Crippen LogP) is 1.50. The van der Waals surface area contributed by atoms with E-state index in [2.05, 4.69) is 30.7 Å². The fourth-order valence-corrected chi connectivity index (χ4v) is 5.98. The second kappa shape index (κ2) is 11.3. The maximum Gasteiger partial charge on any atom is 0.280 e. The molecule has 2 aliphatic rings. The number of halogens is 1. The van der Waals surface area contributed by atoms with Crippen molar-refractivity contribution >= 4 is 51.6 Å². The zero-order valence-electron chi connectivity index (χ0n) is 21.1. The number of carbonyl (C=O) groups is 3. The summed E-state index contributed by atoms with van der Waals surface area (Å²) < 4.78 is 5.01. The number of hydrogen-bond donors (Lipinski definition) is 2. The standard InChI is InChI=1S/C25H28ClN7O4S/c1-32-7-5-17-21(12-32)38-25(29-17)24(36)28-20-11-33(22(34)13-37-2)8-6-16(20)27-23(35)19-9-14-3-4-15(26)10-18(14)30-31-19/h3-4,9-10,16,20H,5-8,11-13H2,1-2H3,(H,27,35)(H,28,36). The summed E-state index contributed by atoms with van der Waals surface area (Å²) in [5.41, 5.74) is 1.70. The first-order valence-electron chi connectivity index (χ1n) is 12.3. The summed E-state index contributed by atoms with van der Waals surface area (Å²) in [4.78, 5) is 48.4. The molecule has 13 heteroatoms. The van der Waals surface area contributed by atoms with Gasteiger partial charge >= 0.3 is 0 Å². The molecule has 0 saturated carbocycles. The molecule has 2 aromatic heterocycles. The van der Waals surface area contributed by atoms with Crippen molar-refractivity contribution in [1.82, 2.24) is 35.6 Å². The van der Waals surface area contributed by atoms with Crippen LogP contribution in [-0.4, -0.2) is 95.2 Å². The maximum absolute atomic E-state index is 13.2. The lowest BCUT2D eigenvalue weighted by atomic mass is 9.98. The lowest BCUT2D eigenvalue weighted by Crippen LogP contribution is -2.61. The molecule has 2 unspecified atom stereocenters. The fourth-order valence-electron chi connectivity index (χ4n) is 4.73. The minimum atomic E-state index is -0.531. The van der Waals surface area contributed by atoms with Gasteiger partial charge in [0.15, 0.2) is 10.7 Å². The average molecular weight is 558 g/mol. The third-order valence-corrected chi connectivity index (χ3v) is 8.08. The van der Waals surface area contributed by atoms with E-state index in [0.717, 1.165) is 35.5 Å². The molecule has 200 valence electrons. The topological polar surface area (TPSA) is 130 Å². The molecule has 0 radical (unpaired) electrons. The Kier molecular flexibility index (Phi) is 7.84. The Hall–Kier alpha value is -3.19. The van der Waals surface area contributed by atoms with Crippen molar-refractivity contribution in [3.05, 3.63) is 50.6 Å². The van der Waals surface area contributed by atoms with Gasteiger partial charge in [-0.3, -0.25) is 14.4 Å². The highest BCUT2D eigenvalue weighted by Gasteiger charge is 2.35. The molecule has 11 nitrogen and oxygen atoms in total. The summed E-state index contributed by atoms with van der Waals surface area (Å²) in [6.07, 6.45) is 1.25. The molecule has 4 heterocycles. The van der Waals surface area contributed by atoms with Gasteiger partial charge < -0.3 is 25.2 Å². The number of amides is 3. The van der Waals surface area contributed by atoms with Crippen LogP contribution >= 0.6 is 22.9 Å². The van der Waals surface area contributed by atoms with Gasteiger partial charge in [0.2, 0.25) is 5.91 Å². The number of nitrogens with zero attached hydrogens (tertiary/aromatic N) is 5. The van der Waals surface area contributed by atoms with Gasteiger partial charge in [-0.1, -0.05) is 17.7 Å². The van der Waals surface area contributed by atoms with Crippen molar-refractivity contribution in [2.75, 3.05) is 40.4 Å². The Bertz CT molecular complexity index is 1380. The van der Waals surface area contributed by atoms with Crippen LogP contribution in [0.1, 0.15) is 37.3 Å². The number of aromatic nitrogens is 3. The van der Waals surface area contributed by atoms with E-state index < -0.39 is 18.0 Å². The van der Waals surface area contributed by atoms with Gasteiger partial charge in [-0.2, -0.15) is 0 Å². The Morgan fingerprint density at radius 3 is 2.76 bits per heavy atom. The van der Waals surface area contributed by atoms with Gasteiger partial charge in [-0.25, -0.2) is 4.98 Å². The lowest BCUT2D eigenvalue weighted by molar-refractivity contribution is -0.136. The molecule has 0 bridgehead atoms. The van der Waals surface area contributed by atoms with E-state index in [-0.39, 0.29) is 30.7 Å². The Balaban J connectivity index is 1.33. The molecule has 0 spiro atoms. The van der Waals surface area contributed by atoms with E-state index in [4.69, 9.17) is 16.3 Å². The summed E-state index contributed by atoms with van der Waals surface area (Å²) in [5, 5.41) is 15.8. The molecular weight excluding hydrogens is 530 g/mol. The predicted molar refractivity (Wildman–Crippen MR) is 142 cm³/mol. The minimum absolute atomic E-state index is 0.0545. The molecule has 2 atom stereocenters. The molecule has 1 saturated heterocycles. The van der Waals surface area contributed by atoms with E-state index in [1.807, 2.05) is 7.05 Å². The zero-order valence-corrected chi connectivity index (χ0v) is 22.6. The monoisotopic (exact) mass is 557 g/mol. The van der Waals surface area contributed by atoms with E-state index in [9.17, 15) is 14.4 Å². The lowest BCUT2D eigenvalue weighted by Gasteiger charge is -2.39. The molecule has 38 heavy (non-hydrogen) atoms. The van der Waals surface area contributed by atoms with Gasteiger partial charge in [-0.05, 0) is 31.7 Å². The fraction of sp³-hybridized carbons (Fsp3) is 0.440. The quantitative estimate of drug-likeness (QED) is 0.466. The van der Waals surface area contributed by atoms with Crippen molar-refractivity contribution < 1.29 is 19.1 Å². The summed E-state index contributed by atoms with van der Waals surface area (Å²) in [6, 6.07) is 5.87. The largest absolute Gasteiger partial charge is 0.375 e. The van der Waals surface area contributed by atoms with Gasteiger partial charge in [-0.15, -0.1) is 21.5 Å². The first-order valence-corrected chi connectivity index (χ1v) is 13.5. The molecule has 5 rings (SSSR count). The van der Waals surface area contributed by atoms with E-state index in [0.29, 0.717) is 28.5 Å². The number of likely N-dealkylation sites (tertiary alicyclic amines) is 1. The third-order valence-electron chi connectivity index (χ3n) is 6.77. The number of benzene rings is 1. The van der Waals surface area contributed by atoms with Gasteiger partial charge in [0, 0.05) is 55.0 Å².